The van der Waals surface area contributed by atoms with Gasteiger partial charge in [0.15, 0.2) is 8.32 Å². The molecule has 0 radical (unpaired) electrons. The van der Waals surface area contributed by atoms with Crippen LogP contribution in [0, 0.1) is 0 Å². The number of carbonyl (C=O) groups is 1. The van der Waals surface area contributed by atoms with E-state index in [0.717, 1.165) is 0 Å². The fraction of sp³-hybridized carbons (Fsp3) is 0.727. The van der Waals surface area contributed by atoms with Gasteiger partial charge in [-0.2, -0.15) is 0 Å². The average Bonchev–Trinajstić information content (AvgIpc) is 1.99. The summed E-state index contributed by atoms with van der Waals surface area (Å²) >= 11 is 0. The molecule has 0 aromatic carbocycles. The highest BCUT2D eigenvalue weighted by molar-refractivity contribution is 6.74. The Balaban J connectivity index is 4.50. The number of hydrogen-bond donors (Lipinski definition) is 1. The number of ether oxygens (including phenoxy) is 1. The highest BCUT2D eigenvalue weighted by Gasteiger charge is 2.39. The molecule has 0 aromatic rings. The second-order valence-corrected chi connectivity index (χ2v) is 10.1. The number of carboxylic acid groups (broad SMARTS) is 1. The van der Waals surface area contributed by atoms with E-state index < -0.39 is 20.6 Å². The number of hydrogen-bond acceptors (Lipinski definition) is 3. The summed E-state index contributed by atoms with van der Waals surface area (Å²) in [6.45, 7) is 15.9. The second kappa shape index (κ2) is 5.01. The maximum absolute atomic E-state index is 10.3. The maximum atomic E-state index is 10.3. The zero-order valence-corrected chi connectivity index (χ0v) is 12.0. The molecular weight excluding hydrogens is 224 g/mol. The third kappa shape index (κ3) is 4.36. The molecule has 0 aliphatic carbocycles. The van der Waals surface area contributed by atoms with Gasteiger partial charge < -0.3 is 14.3 Å². The third-order valence-electron chi connectivity index (χ3n) is 2.95. The van der Waals surface area contributed by atoms with Gasteiger partial charge in [-0.3, -0.25) is 0 Å². The van der Waals surface area contributed by atoms with Gasteiger partial charge in [-0.1, -0.05) is 27.4 Å². The highest BCUT2D eigenvalue weighted by atomic mass is 28.4. The fourth-order valence-corrected chi connectivity index (χ4v) is 2.25. The Hall–Kier alpha value is -0.813. The SMILES string of the molecule is C=C(OC(=O)O)C(C)O[Si](C)(C)C(C)(C)C. The van der Waals surface area contributed by atoms with Gasteiger partial charge in [0.05, 0.1) is 0 Å². The van der Waals surface area contributed by atoms with E-state index in [1.54, 1.807) is 6.92 Å². The molecule has 0 aliphatic heterocycles. The van der Waals surface area contributed by atoms with Gasteiger partial charge in [0.1, 0.15) is 11.9 Å². The Morgan fingerprint density at radius 1 is 1.38 bits per heavy atom. The summed E-state index contributed by atoms with van der Waals surface area (Å²) in [6, 6.07) is 0. The van der Waals surface area contributed by atoms with Crippen LogP contribution in [0.25, 0.3) is 0 Å². The van der Waals surface area contributed by atoms with Crippen molar-refractivity contribution < 1.29 is 19.1 Å². The first-order valence-corrected chi connectivity index (χ1v) is 8.15. The minimum Gasteiger partial charge on any atom is -0.449 e. The average molecular weight is 246 g/mol. The summed E-state index contributed by atoms with van der Waals surface area (Å²) in [5, 5.41) is 8.54. The van der Waals surface area contributed by atoms with Crippen LogP contribution < -0.4 is 0 Å². The molecule has 0 spiro atoms. The summed E-state index contributed by atoms with van der Waals surface area (Å²) in [7, 11) is -1.92. The van der Waals surface area contributed by atoms with Crippen molar-refractivity contribution in [2.75, 3.05) is 0 Å². The van der Waals surface area contributed by atoms with Crippen molar-refractivity contribution in [2.24, 2.45) is 0 Å². The summed E-state index contributed by atoms with van der Waals surface area (Å²) in [5.74, 6) is 0.136. The van der Waals surface area contributed by atoms with Crippen molar-refractivity contribution in [1.82, 2.24) is 0 Å². The van der Waals surface area contributed by atoms with Crippen LogP contribution in [0.2, 0.25) is 18.1 Å². The van der Waals surface area contributed by atoms with Gasteiger partial charge >= 0.3 is 6.16 Å². The third-order valence-corrected chi connectivity index (χ3v) is 7.50. The van der Waals surface area contributed by atoms with Crippen LogP contribution in [0.1, 0.15) is 27.7 Å². The quantitative estimate of drug-likeness (QED) is 0.468. The van der Waals surface area contributed by atoms with Crippen molar-refractivity contribution >= 4 is 14.5 Å². The van der Waals surface area contributed by atoms with Gasteiger partial charge in [-0.05, 0) is 25.1 Å². The van der Waals surface area contributed by atoms with Crippen LogP contribution in [0.15, 0.2) is 12.3 Å². The van der Waals surface area contributed by atoms with Crippen molar-refractivity contribution in [3.05, 3.63) is 12.3 Å². The Kier molecular flexibility index (Phi) is 4.76. The minimum absolute atomic E-state index is 0.0742. The van der Waals surface area contributed by atoms with Crippen LogP contribution in [0.5, 0.6) is 0 Å². The van der Waals surface area contributed by atoms with E-state index in [-0.39, 0.29) is 10.8 Å². The monoisotopic (exact) mass is 246 g/mol. The van der Waals surface area contributed by atoms with Crippen molar-refractivity contribution in [1.29, 1.82) is 0 Å². The molecule has 0 saturated heterocycles. The molecule has 0 aromatic heterocycles. The van der Waals surface area contributed by atoms with Crippen molar-refractivity contribution in [2.45, 2.75) is 51.9 Å². The molecule has 0 fully saturated rings. The Bertz CT molecular complexity index is 278. The molecule has 1 unspecified atom stereocenters. The lowest BCUT2D eigenvalue weighted by Crippen LogP contribution is -2.43. The van der Waals surface area contributed by atoms with Crippen LogP contribution in [-0.2, 0) is 9.16 Å². The van der Waals surface area contributed by atoms with Gasteiger partial charge in [0.2, 0.25) is 0 Å². The van der Waals surface area contributed by atoms with Crippen molar-refractivity contribution in [3.63, 3.8) is 0 Å². The van der Waals surface area contributed by atoms with Gasteiger partial charge in [-0.25, -0.2) is 4.79 Å². The molecule has 0 saturated carbocycles. The normalized spacial score (nSPS) is 14.4. The summed E-state index contributed by atoms with van der Waals surface area (Å²) < 4.78 is 10.4. The highest BCUT2D eigenvalue weighted by Crippen LogP contribution is 2.37. The Labute approximate surface area is 98.4 Å². The molecule has 1 N–H and O–H groups in total. The van der Waals surface area contributed by atoms with Gasteiger partial charge in [0.25, 0.3) is 0 Å². The van der Waals surface area contributed by atoms with Crippen LogP contribution >= 0.6 is 0 Å². The van der Waals surface area contributed by atoms with Crippen LogP contribution in [0.3, 0.4) is 0 Å². The number of rotatable bonds is 4. The first-order valence-electron chi connectivity index (χ1n) is 5.25. The zero-order chi connectivity index (χ0) is 13.1. The minimum atomic E-state index is -1.92. The largest absolute Gasteiger partial charge is 0.511 e. The van der Waals surface area contributed by atoms with E-state index in [1.165, 1.54) is 0 Å². The van der Waals surface area contributed by atoms with Gasteiger partial charge in [-0.15, -0.1) is 0 Å². The lowest BCUT2D eigenvalue weighted by Gasteiger charge is -2.38. The van der Waals surface area contributed by atoms with E-state index in [1.807, 2.05) is 0 Å². The predicted octanol–water partition coefficient (Wildman–Crippen LogP) is 3.61. The van der Waals surface area contributed by atoms with E-state index in [0.29, 0.717) is 0 Å². The molecule has 0 amide bonds. The first-order chi connectivity index (χ1) is 6.97. The first kappa shape index (κ1) is 15.2. The fourth-order valence-electron chi connectivity index (χ4n) is 0.880. The van der Waals surface area contributed by atoms with Crippen molar-refractivity contribution in [3.8, 4) is 0 Å². The van der Waals surface area contributed by atoms with E-state index >= 15 is 0 Å². The molecule has 4 nitrogen and oxygen atoms in total. The Morgan fingerprint density at radius 2 is 1.81 bits per heavy atom. The molecule has 0 aliphatic rings. The Morgan fingerprint density at radius 3 is 2.12 bits per heavy atom. The van der Waals surface area contributed by atoms with E-state index in [2.05, 4.69) is 45.2 Å². The summed E-state index contributed by atoms with van der Waals surface area (Å²) in [4.78, 5) is 10.3. The zero-order valence-electron chi connectivity index (χ0n) is 11.0. The predicted molar refractivity (Wildman–Crippen MR) is 66.0 cm³/mol. The van der Waals surface area contributed by atoms with Crippen LogP contribution in [-0.4, -0.2) is 25.7 Å². The summed E-state index contributed by atoms with van der Waals surface area (Å²) in [5.41, 5.74) is 0. The lowest BCUT2D eigenvalue weighted by atomic mass is 10.2. The summed E-state index contributed by atoms with van der Waals surface area (Å²) in [6.07, 6.45) is -1.76. The topological polar surface area (TPSA) is 55.8 Å². The van der Waals surface area contributed by atoms with Crippen LogP contribution in [0.4, 0.5) is 4.79 Å². The molecule has 5 heteroatoms. The molecule has 0 bridgehead atoms. The lowest BCUT2D eigenvalue weighted by molar-refractivity contribution is 0.0916. The standard InChI is InChI=1S/C11H22O4Si/c1-8(14-10(12)13)9(2)15-16(6,7)11(3,4)5/h9H,1H2,2-7H3,(H,12,13). The molecule has 0 heterocycles. The van der Waals surface area contributed by atoms with E-state index in [9.17, 15) is 4.79 Å². The molecule has 1 atom stereocenters. The second-order valence-electron chi connectivity index (χ2n) is 5.35. The maximum Gasteiger partial charge on any atom is 0.511 e. The van der Waals surface area contributed by atoms with E-state index in [4.69, 9.17) is 9.53 Å². The van der Waals surface area contributed by atoms with Gasteiger partial charge in [0, 0.05) is 0 Å². The molecule has 0 rings (SSSR count). The molecule has 94 valence electrons. The molecule has 16 heavy (non-hydrogen) atoms. The molecular formula is C11H22O4Si. The smallest absolute Gasteiger partial charge is 0.449 e.